The average molecular weight is 376 g/mol. The maximum absolute atomic E-state index is 7.62. The number of hydrogen-bond donors (Lipinski definition) is 1. The quantitative estimate of drug-likeness (QED) is 0.615. The van der Waals surface area contributed by atoms with Crippen molar-refractivity contribution in [3.8, 4) is 0 Å². The van der Waals surface area contributed by atoms with Crippen molar-refractivity contribution in [3.63, 3.8) is 0 Å². The zero-order valence-corrected chi connectivity index (χ0v) is 15.9. The van der Waals surface area contributed by atoms with Gasteiger partial charge in [0.2, 0.25) is 0 Å². The van der Waals surface area contributed by atoms with E-state index < -0.39 is 0 Å². The highest BCUT2D eigenvalue weighted by Gasteiger charge is 2.12. The van der Waals surface area contributed by atoms with Gasteiger partial charge in [0.05, 0.1) is 0 Å². The molecule has 0 spiro atoms. The molecule has 0 amide bonds. The Labute approximate surface area is 165 Å². The first-order valence-corrected chi connectivity index (χ1v) is 9.53. The summed E-state index contributed by atoms with van der Waals surface area (Å²) in [5, 5.41) is 10.8. The molecule has 3 aromatic rings. The Bertz CT molecular complexity index is 979. The fourth-order valence-electron chi connectivity index (χ4n) is 3.56. The molecule has 1 aliphatic rings. The molecule has 3 nitrogen and oxygen atoms in total. The van der Waals surface area contributed by atoms with Crippen molar-refractivity contribution in [3.05, 3.63) is 94.8 Å². The van der Waals surface area contributed by atoms with E-state index in [0.29, 0.717) is 0 Å². The van der Waals surface area contributed by atoms with Crippen molar-refractivity contribution in [2.75, 3.05) is 13.1 Å². The molecule has 0 fully saturated rings. The molecule has 0 bridgehead atoms. The minimum atomic E-state index is 0.778. The zero-order chi connectivity index (χ0) is 18.6. The molecule has 0 radical (unpaired) electrons. The van der Waals surface area contributed by atoms with Crippen molar-refractivity contribution < 1.29 is 0 Å². The number of halogens is 1. The third-order valence-corrected chi connectivity index (χ3v) is 5.29. The van der Waals surface area contributed by atoms with E-state index in [1.54, 1.807) is 0 Å². The van der Waals surface area contributed by atoms with Crippen molar-refractivity contribution >= 4 is 28.6 Å². The van der Waals surface area contributed by atoms with Crippen LogP contribution in [0.3, 0.4) is 0 Å². The van der Waals surface area contributed by atoms with Gasteiger partial charge in [0.15, 0.2) is 0 Å². The number of nitrogens with zero attached hydrogens (tertiary/aromatic N) is 2. The summed E-state index contributed by atoms with van der Waals surface area (Å²) in [6.45, 7) is 3.77. The van der Waals surface area contributed by atoms with Gasteiger partial charge in [-0.1, -0.05) is 60.1 Å². The lowest BCUT2D eigenvalue weighted by molar-refractivity contribution is 0.252. The van der Waals surface area contributed by atoms with Crippen LogP contribution in [0.2, 0.25) is 5.02 Å². The molecule has 27 heavy (non-hydrogen) atoms. The van der Waals surface area contributed by atoms with Gasteiger partial charge in [0, 0.05) is 49.8 Å². The monoisotopic (exact) mass is 375 g/mol. The summed E-state index contributed by atoms with van der Waals surface area (Å²) in [5.74, 6) is 0. The summed E-state index contributed by atoms with van der Waals surface area (Å²) in [6, 6.07) is 20.6. The van der Waals surface area contributed by atoms with Crippen molar-refractivity contribution in [1.29, 1.82) is 5.41 Å². The smallest absolute Gasteiger partial charge is 0.0431 e. The van der Waals surface area contributed by atoms with Crippen LogP contribution in [0.25, 0.3) is 10.8 Å². The van der Waals surface area contributed by atoms with Gasteiger partial charge in [-0.2, -0.15) is 0 Å². The first kappa shape index (κ1) is 17.6. The molecule has 4 rings (SSSR count). The van der Waals surface area contributed by atoms with Crippen LogP contribution in [0.4, 0.5) is 0 Å². The molecule has 1 aliphatic heterocycles. The molecule has 0 aromatic heterocycles. The molecule has 3 aromatic carbocycles. The summed E-state index contributed by atoms with van der Waals surface area (Å²) in [7, 11) is 0. The fourth-order valence-corrected chi connectivity index (χ4v) is 3.69. The van der Waals surface area contributed by atoms with Crippen LogP contribution in [0.15, 0.2) is 73.1 Å². The number of hydrogen-bond acceptors (Lipinski definition) is 3. The van der Waals surface area contributed by atoms with Gasteiger partial charge in [0.1, 0.15) is 0 Å². The lowest BCUT2D eigenvalue weighted by Gasteiger charge is -2.31. The van der Waals surface area contributed by atoms with Gasteiger partial charge in [0.25, 0.3) is 0 Å². The summed E-state index contributed by atoms with van der Waals surface area (Å²) in [6.07, 6.45) is 5.78. The molecule has 0 saturated heterocycles. The van der Waals surface area contributed by atoms with E-state index in [0.717, 1.165) is 42.2 Å². The lowest BCUT2D eigenvalue weighted by Crippen LogP contribution is -2.34. The number of benzene rings is 3. The largest absolute Gasteiger partial charge is 0.370 e. The summed E-state index contributed by atoms with van der Waals surface area (Å²) >= 11 is 5.96. The van der Waals surface area contributed by atoms with E-state index >= 15 is 0 Å². The van der Waals surface area contributed by atoms with Crippen LogP contribution in [0, 0.1) is 5.41 Å². The van der Waals surface area contributed by atoms with Crippen LogP contribution in [0.1, 0.15) is 16.7 Å². The van der Waals surface area contributed by atoms with Crippen LogP contribution >= 0.6 is 11.6 Å². The predicted octanol–water partition coefficient (Wildman–Crippen LogP) is 5.28. The maximum Gasteiger partial charge on any atom is 0.0431 e. The minimum absolute atomic E-state index is 0.778. The molecule has 1 heterocycles. The molecule has 1 N–H and O–H groups in total. The van der Waals surface area contributed by atoms with Gasteiger partial charge in [-0.05, 0) is 39.6 Å². The molecule has 4 heteroatoms. The van der Waals surface area contributed by atoms with Gasteiger partial charge in [-0.15, -0.1) is 0 Å². The number of rotatable bonds is 5. The van der Waals surface area contributed by atoms with Crippen molar-refractivity contribution in [2.45, 2.75) is 13.1 Å². The van der Waals surface area contributed by atoms with Crippen molar-refractivity contribution in [2.24, 2.45) is 0 Å². The Hall–Kier alpha value is -2.78. The van der Waals surface area contributed by atoms with Gasteiger partial charge in [-0.25, -0.2) is 0 Å². The first-order chi connectivity index (χ1) is 13.2. The second-order valence-corrected chi connectivity index (χ2v) is 7.31. The molecular formula is C23H22ClN3. The Kier molecular flexibility index (Phi) is 5.12. The van der Waals surface area contributed by atoms with Gasteiger partial charge >= 0.3 is 0 Å². The second kappa shape index (κ2) is 7.85. The van der Waals surface area contributed by atoms with Crippen LogP contribution < -0.4 is 0 Å². The van der Waals surface area contributed by atoms with Gasteiger partial charge in [-0.3, -0.25) is 0 Å². The van der Waals surface area contributed by atoms with Crippen LogP contribution in [-0.2, 0) is 13.1 Å². The molecule has 0 aliphatic carbocycles. The van der Waals surface area contributed by atoms with E-state index in [4.69, 9.17) is 17.0 Å². The third kappa shape index (κ3) is 3.99. The SMILES string of the molecule is N=Cc1cccc2c(CN3C=CN(Cc4ccc(Cl)cc4)CC3)cccc12. The lowest BCUT2D eigenvalue weighted by atomic mass is 10.00. The van der Waals surface area contributed by atoms with Crippen LogP contribution in [0.5, 0.6) is 0 Å². The molecular weight excluding hydrogens is 354 g/mol. The summed E-state index contributed by atoms with van der Waals surface area (Å²) < 4.78 is 0. The highest BCUT2D eigenvalue weighted by molar-refractivity contribution is 6.30. The molecule has 136 valence electrons. The topological polar surface area (TPSA) is 30.3 Å². The Morgan fingerprint density at radius 2 is 1.48 bits per heavy atom. The predicted molar refractivity (Wildman–Crippen MR) is 113 cm³/mol. The zero-order valence-electron chi connectivity index (χ0n) is 15.1. The molecule has 0 saturated carbocycles. The Morgan fingerprint density at radius 1 is 0.815 bits per heavy atom. The third-order valence-electron chi connectivity index (χ3n) is 5.04. The Balaban J connectivity index is 1.46. The second-order valence-electron chi connectivity index (χ2n) is 6.87. The minimum Gasteiger partial charge on any atom is -0.370 e. The van der Waals surface area contributed by atoms with E-state index in [-0.39, 0.29) is 0 Å². The maximum atomic E-state index is 7.62. The van der Waals surface area contributed by atoms with Gasteiger partial charge < -0.3 is 15.2 Å². The van der Waals surface area contributed by atoms with E-state index in [1.807, 2.05) is 24.3 Å². The standard InChI is InChI=1S/C23H22ClN3/c24-21-9-7-18(8-10-21)16-26-11-13-27(14-12-26)17-20-4-2-5-22-19(15-25)3-1-6-23(20)22/h1-11,13,15,25H,12,14,16-17H2. The van der Waals surface area contributed by atoms with E-state index in [1.165, 1.54) is 22.7 Å². The highest BCUT2D eigenvalue weighted by atomic mass is 35.5. The Morgan fingerprint density at radius 3 is 2.19 bits per heavy atom. The average Bonchev–Trinajstić information content (AvgIpc) is 2.71. The summed E-state index contributed by atoms with van der Waals surface area (Å²) in [4.78, 5) is 4.68. The molecule has 0 atom stereocenters. The normalized spacial score (nSPS) is 14.0. The number of fused-ring (bicyclic) bond motifs is 1. The first-order valence-electron chi connectivity index (χ1n) is 9.15. The van der Waals surface area contributed by atoms with Crippen LogP contribution in [-0.4, -0.2) is 29.1 Å². The van der Waals surface area contributed by atoms with Crippen molar-refractivity contribution in [1.82, 2.24) is 9.80 Å². The summed E-state index contributed by atoms with van der Waals surface area (Å²) in [5.41, 5.74) is 3.54. The van der Waals surface area contributed by atoms with E-state index in [2.05, 4.69) is 58.6 Å². The fraction of sp³-hybridized carbons (Fsp3) is 0.174. The van der Waals surface area contributed by atoms with E-state index in [9.17, 15) is 0 Å². The molecule has 0 unspecified atom stereocenters. The highest BCUT2D eigenvalue weighted by Crippen LogP contribution is 2.23. The number of nitrogens with one attached hydrogen (secondary N) is 1.